The first-order chi connectivity index (χ1) is 6.45. The maximum atomic E-state index is 5.44. The van der Waals surface area contributed by atoms with Gasteiger partial charge in [-0.2, -0.15) is 0 Å². The summed E-state index contributed by atoms with van der Waals surface area (Å²) in [5, 5.41) is 0.908. The quantitative estimate of drug-likeness (QED) is 0.517. The average molecular weight is 171 g/mol. The minimum Gasteiger partial charge on any atom is -0.436 e. The maximum absolute atomic E-state index is 5.44. The Morgan fingerprint density at radius 2 is 2.00 bits per heavy atom. The zero-order valence-electron chi connectivity index (χ0n) is 6.64. The number of aromatic nitrogens is 3. The van der Waals surface area contributed by atoms with Gasteiger partial charge >= 0.3 is 0 Å². The first-order valence-electron chi connectivity index (χ1n) is 3.88. The molecule has 0 N–H and O–H groups in total. The number of hydrogen-bond acceptors (Lipinski definition) is 4. The van der Waals surface area contributed by atoms with Crippen LogP contribution in [-0.4, -0.2) is 15.0 Å². The van der Waals surface area contributed by atoms with Gasteiger partial charge in [0.15, 0.2) is 0 Å². The molecule has 0 aromatic carbocycles. The van der Waals surface area contributed by atoms with Crippen molar-refractivity contribution in [3.8, 4) is 0 Å². The predicted molar refractivity (Wildman–Crippen MR) is 47.1 cm³/mol. The van der Waals surface area contributed by atoms with Crippen molar-refractivity contribution in [2.75, 3.05) is 0 Å². The summed E-state index contributed by atoms with van der Waals surface area (Å²) < 4.78 is 5.44. The van der Waals surface area contributed by atoms with Gasteiger partial charge in [0.05, 0.1) is 5.39 Å². The SMILES string of the molecule is c1cc2oc3nccnc3c2cn1. The Kier molecular flexibility index (Phi) is 1.14. The molecule has 0 aliphatic carbocycles. The van der Waals surface area contributed by atoms with Crippen LogP contribution in [0, 0.1) is 0 Å². The van der Waals surface area contributed by atoms with Gasteiger partial charge < -0.3 is 4.42 Å². The van der Waals surface area contributed by atoms with Gasteiger partial charge in [-0.1, -0.05) is 0 Å². The molecule has 3 rings (SSSR count). The smallest absolute Gasteiger partial charge is 0.246 e. The molecule has 0 fully saturated rings. The third kappa shape index (κ3) is 0.823. The summed E-state index contributed by atoms with van der Waals surface area (Å²) in [6.07, 6.45) is 6.67. The van der Waals surface area contributed by atoms with Crippen molar-refractivity contribution in [1.29, 1.82) is 0 Å². The molecule has 0 radical (unpaired) electrons. The molecule has 0 aliphatic rings. The summed E-state index contributed by atoms with van der Waals surface area (Å²) in [6.45, 7) is 0. The molecule has 0 bridgehead atoms. The molecule has 0 unspecified atom stereocenters. The highest BCUT2D eigenvalue weighted by Gasteiger charge is 2.06. The van der Waals surface area contributed by atoms with E-state index in [4.69, 9.17) is 4.42 Å². The van der Waals surface area contributed by atoms with Gasteiger partial charge in [0.25, 0.3) is 0 Å². The monoisotopic (exact) mass is 171 g/mol. The van der Waals surface area contributed by atoms with Gasteiger partial charge in [-0.25, -0.2) is 9.97 Å². The number of rotatable bonds is 0. The van der Waals surface area contributed by atoms with Crippen molar-refractivity contribution in [2.24, 2.45) is 0 Å². The number of nitrogens with zero attached hydrogens (tertiary/aromatic N) is 3. The fourth-order valence-electron chi connectivity index (χ4n) is 1.34. The standard InChI is InChI=1S/C9H5N3O/c1-2-10-5-6-7(1)13-9-8(6)11-3-4-12-9/h1-5H. The highest BCUT2D eigenvalue weighted by Crippen LogP contribution is 2.23. The minimum atomic E-state index is 0.561. The number of pyridine rings is 1. The summed E-state index contributed by atoms with van der Waals surface area (Å²) in [5.41, 5.74) is 2.10. The largest absolute Gasteiger partial charge is 0.436 e. The van der Waals surface area contributed by atoms with E-state index in [1.807, 2.05) is 0 Å². The van der Waals surface area contributed by atoms with Crippen molar-refractivity contribution in [2.45, 2.75) is 0 Å². The number of fused-ring (bicyclic) bond motifs is 3. The molecule has 0 atom stereocenters. The number of hydrogen-bond donors (Lipinski definition) is 0. The predicted octanol–water partition coefficient (Wildman–Crippen LogP) is 1.77. The Morgan fingerprint density at radius 1 is 1.08 bits per heavy atom. The van der Waals surface area contributed by atoms with E-state index in [2.05, 4.69) is 15.0 Å². The van der Waals surface area contributed by atoms with Gasteiger partial charge in [-0.05, 0) is 6.07 Å². The molecule has 3 aromatic heterocycles. The van der Waals surface area contributed by atoms with Crippen molar-refractivity contribution in [1.82, 2.24) is 15.0 Å². The van der Waals surface area contributed by atoms with E-state index in [0.717, 1.165) is 16.5 Å². The zero-order chi connectivity index (χ0) is 8.67. The van der Waals surface area contributed by atoms with E-state index in [1.54, 1.807) is 30.9 Å². The lowest BCUT2D eigenvalue weighted by atomic mass is 10.3. The van der Waals surface area contributed by atoms with Gasteiger partial charge in [0, 0.05) is 24.8 Å². The number of furan rings is 1. The molecular formula is C9H5N3O. The molecule has 13 heavy (non-hydrogen) atoms. The van der Waals surface area contributed by atoms with Crippen LogP contribution in [0.1, 0.15) is 0 Å². The van der Waals surface area contributed by atoms with Crippen LogP contribution in [0.2, 0.25) is 0 Å². The van der Waals surface area contributed by atoms with Gasteiger partial charge in [-0.15, -0.1) is 0 Å². The minimum absolute atomic E-state index is 0.561. The topological polar surface area (TPSA) is 51.8 Å². The normalized spacial score (nSPS) is 11.1. The van der Waals surface area contributed by atoms with E-state index in [9.17, 15) is 0 Å². The van der Waals surface area contributed by atoms with Crippen LogP contribution >= 0.6 is 0 Å². The molecule has 3 aromatic rings. The molecule has 4 nitrogen and oxygen atoms in total. The summed E-state index contributed by atoms with van der Waals surface area (Å²) >= 11 is 0. The second kappa shape index (κ2) is 2.26. The lowest BCUT2D eigenvalue weighted by Crippen LogP contribution is -1.75. The summed E-state index contributed by atoms with van der Waals surface area (Å²) in [5.74, 6) is 0. The highest BCUT2D eigenvalue weighted by atomic mass is 16.3. The first kappa shape index (κ1) is 6.54. The zero-order valence-corrected chi connectivity index (χ0v) is 6.64. The molecule has 62 valence electrons. The lowest BCUT2D eigenvalue weighted by Gasteiger charge is -1.83. The fourth-order valence-corrected chi connectivity index (χ4v) is 1.34. The molecule has 0 saturated heterocycles. The molecule has 0 saturated carbocycles. The average Bonchev–Trinajstić information content (AvgIpc) is 2.56. The van der Waals surface area contributed by atoms with E-state index in [0.29, 0.717) is 5.71 Å². The van der Waals surface area contributed by atoms with Crippen molar-refractivity contribution in [3.63, 3.8) is 0 Å². The Hall–Kier alpha value is -1.97. The van der Waals surface area contributed by atoms with E-state index >= 15 is 0 Å². The van der Waals surface area contributed by atoms with Gasteiger partial charge in [0.2, 0.25) is 5.71 Å². The van der Waals surface area contributed by atoms with Crippen molar-refractivity contribution < 1.29 is 4.42 Å². The highest BCUT2D eigenvalue weighted by molar-refractivity contribution is 6.00. The van der Waals surface area contributed by atoms with Crippen LogP contribution in [0.15, 0.2) is 35.3 Å². The van der Waals surface area contributed by atoms with Crippen LogP contribution in [-0.2, 0) is 0 Å². The van der Waals surface area contributed by atoms with Crippen molar-refractivity contribution >= 4 is 22.2 Å². The third-order valence-corrected chi connectivity index (χ3v) is 1.91. The second-order valence-corrected chi connectivity index (χ2v) is 2.68. The maximum Gasteiger partial charge on any atom is 0.246 e. The molecule has 0 spiro atoms. The second-order valence-electron chi connectivity index (χ2n) is 2.68. The molecule has 3 heterocycles. The van der Waals surface area contributed by atoms with Crippen molar-refractivity contribution in [3.05, 3.63) is 30.9 Å². The molecule has 4 heteroatoms. The summed E-state index contributed by atoms with van der Waals surface area (Å²) in [4.78, 5) is 12.2. The van der Waals surface area contributed by atoms with Crippen LogP contribution in [0.4, 0.5) is 0 Å². The molecular weight excluding hydrogens is 166 g/mol. The van der Waals surface area contributed by atoms with Crippen LogP contribution in [0.5, 0.6) is 0 Å². The first-order valence-corrected chi connectivity index (χ1v) is 3.88. The van der Waals surface area contributed by atoms with Gasteiger partial charge in [0.1, 0.15) is 11.1 Å². The Morgan fingerprint density at radius 3 is 3.00 bits per heavy atom. The fraction of sp³-hybridized carbons (Fsp3) is 0. The summed E-state index contributed by atoms with van der Waals surface area (Å²) in [7, 11) is 0. The Labute approximate surface area is 73.2 Å². The molecule has 0 amide bonds. The lowest BCUT2D eigenvalue weighted by molar-refractivity contribution is 0.652. The van der Waals surface area contributed by atoms with Crippen LogP contribution in [0.3, 0.4) is 0 Å². The van der Waals surface area contributed by atoms with E-state index in [-0.39, 0.29) is 0 Å². The Balaban J connectivity index is 2.64. The van der Waals surface area contributed by atoms with Gasteiger partial charge in [-0.3, -0.25) is 4.98 Å². The van der Waals surface area contributed by atoms with Crippen LogP contribution in [0.25, 0.3) is 22.2 Å². The van der Waals surface area contributed by atoms with Crippen LogP contribution < -0.4 is 0 Å². The van der Waals surface area contributed by atoms with E-state index < -0.39 is 0 Å². The van der Waals surface area contributed by atoms with E-state index in [1.165, 1.54) is 0 Å². The third-order valence-electron chi connectivity index (χ3n) is 1.91. The summed E-state index contributed by atoms with van der Waals surface area (Å²) in [6, 6.07) is 1.80. The molecule has 0 aliphatic heterocycles. The Bertz CT molecular complexity index is 523.